The topological polar surface area (TPSA) is 43.6 Å². The van der Waals surface area contributed by atoms with Crippen LogP contribution in [0.2, 0.25) is 5.28 Å². The Morgan fingerprint density at radius 3 is 2.81 bits per heavy atom. The van der Waals surface area contributed by atoms with Crippen molar-refractivity contribution >= 4 is 22.6 Å². The van der Waals surface area contributed by atoms with E-state index >= 15 is 0 Å². The summed E-state index contributed by atoms with van der Waals surface area (Å²) in [7, 11) is 0. The first-order valence-corrected chi connectivity index (χ1v) is 7.49. The maximum Gasteiger partial charge on any atom is 0.222 e. The molecule has 0 saturated heterocycles. The van der Waals surface area contributed by atoms with Crippen LogP contribution in [-0.2, 0) is 13.0 Å². The lowest BCUT2D eigenvalue weighted by molar-refractivity contribution is 0.661. The Balaban J connectivity index is 2.07. The lowest BCUT2D eigenvalue weighted by Gasteiger charge is -2.09. The molecule has 5 heteroatoms. The van der Waals surface area contributed by atoms with Crippen molar-refractivity contribution in [1.29, 1.82) is 0 Å². The molecule has 0 aliphatic heterocycles. The molecule has 3 rings (SSSR count). The average molecular weight is 301 g/mol. The zero-order valence-electron chi connectivity index (χ0n) is 12.2. The Hall–Kier alpha value is -1.94. The zero-order chi connectivity index (χ0) is 14.8. The molecule has 0 amide bonds. The van der Waals surface area contributed by atoms with Crippen LogP contribution in [0.3, 0.4) is 0 Å². The number of para-hydroxylation sites is 2. The Kier molecular flexibility index (Phi) is 3.88. The van der Waals surface area contributed by atoms with Gasteiger partial charge in [-0.1, -0.05) is 19.1 Å². The maximum absolute atomic E-state index is 5.91. The van der Waals surface area contributed by atoms with Crippen molar-refractivity contribution in [2.24, 2.45) is 0 Å². The predicted octanol–water partition coefficient (Wildman–Crippen LogP) is 3.79. The molecule has 2 aromatic heterocycles. The van der Waals surface area contributed by atoms with Crippen LogP contribution >= 0.6 is 11.6 Å². The summed E-state index contributed by atoms with van der Waals surface area (Å²) in [5, 5.41) is 0.286. The lowest BCUT2D eigenvalue weighted by atomic mass is 10.2. The molecule has 0 bridgehead atoms. The molecule has 4 nitrogen and oxygen atoms in total. The molecule has 0 spiro atoms. The summed E-state index contributed by atoms with van der Waals surface area (Å²) >= 11 is 5.91. The Bertz CT molecular complexity index is 779. The fourth-order valence-corrected chi connectivity index (χ4v) is 2.67. The van der Waals surface area contributed by atoms with Gasteiger partial charge in [-0.05, 0) is 42.6 Å². The molecule has 0 aliphatic rings. The number of aryl methyl sites for hydroxylation is 2. The second-order valence-electron chi connectivity index (χ2n) is 5.11. The number of hydrogen-bond donors (Lipinski definition) is 0. The van der Waals surface area contributed by atoms with E-state index in [1.165, 1.54) is 5.52 Å². The van der Waals surface area contributed by atoms with Gasteiger partial charge in [0.15, 0.2) is 0 Å². The summed E-state index contributed by atoms with van der Waals surface area (Å²) in [6.45, 7) is 5.12. The van der Waals surface area contributed by atoms with Crippen LogP contribution in [0.1, 0.15) is 30.4 Å². The van der Waals surface area contributed by atoms with Crippen molar-refractivity contribution in [3.8, 4) is 0 Å². The van der Waals surface area contributed by atoms with Crippen LogP contribution in [-0.4, -0.2) is 19.5 Å². The first kappa shape index (κ1) is 14.0. The van der Waals surface area contributed by atoms with Crippen molar-refractivity contribution in [2.75, 3.05) is 0 Å². The summed E-state index contributed by atoms with van der Waals surface area (Å²) in [4.78, 5) is 13.1. The Labute approximate surface area is 128 Å². The third-order valence-corrected chi connectivity index (χ3v) is 3.74. The summed E-state index contributed by atoms with van der Waals surface area (Å²) in [5.74, 6) is 1.02. The second kappa shape index (κ2) is 5.82. The first-order chi connectivity index (χ1) is 10.2. The van der Waals surface area contributed by atoms with Gasteiger partial charge in [0.05, 0.1) is 16.7 Å². The van der Waals surface area contributed by atoms with Crippen molar-refractivity contribution in [3.63, 3.8) is 0 Å². The second-order valence-corrected chi connectivity index (χ2v) is 5.45. The van der Waals surface area contributed by atoms with Crippen LogP contribution in [0.15, 0.2) is 30.5 Å². The standard InChI is InChI=1S/C16H17ClN4/c1-3-8-21-14-7-5-4-6-12(14)19-15(21)9-13-11(2)10-18-16(17)20-13/h4-7,10H,3,8-9H2,1-2H3. The number of hydrogen-bond acceptors (Lipinski definition) is 3. The third kappa shape index (κ3) is 2.76. The molecule has 0 N–H and O–H groups in total. The van der Waals surface area contributed by atoms with E-state index in [1.54, 1.807) is 6.20 Å². The van der Waals surface area contributed by atoms with Crippen molar-refractivity contribution in [3.05, 3.63) is 52.8 Å². The molecule has 2 heterocycles. The van der Waals surface area contributed by atoms with Gasteiger partial charge < -0.3 is 4.57 Å². The largest absolute Gasteiger partial charge is 0.328 e. The van der Waals surface area contributed by atoms with E-state index in [0.29, 0.717) is 6.42 Å². The highest BCUT2D eigenvalue weighted by molar-refractivity contribution is 6.28. The van der Waals surface area contributed by atoms with Gasteiger partial charge in [-0.3, -0.25) is 0 Å². The summed E-state index contributed by atoms with van der Waals surface area (Å²) < 4.78 is 2.27. The van der Waals surface area contributed by atoms with Crippen molar-refractivity contribution < 1.29 is 0 Å². The number of benzene rings is 1. The molecule has 21 heavy (non-hydrogen) atoms. The molecule has 0 aliphatic carbocycles. The van der Waals surface area contributed by atoms with E-state index in [1.807, 2.05) is 25.1 Å². The van der Waals surface area contributed by atoms with Crippen LogP contribution in [0, 0.1) is 6.92 Å². The highest BCUT2D eigenvalue weighted by Gasteiger charge is 2.12. The number of aromatic nitrogens is 4. The number of imidazole rings is 1. The highest BCUT2D eigenvalue weighted by atomic mass is 35.5. The summed E-state index contributed by atoms with van der Waals surface area (Å²) in [6.07, 6.45) is 3.50. The molecule has 0 atom stereocenters. The fourth-order valence-electron chi connectivity index (χ4n) is 2.52. The predicted molar refractivity (Wildman–Crippen MR) is 84.6 cm³/mol. The minimum Gasteiger partial charge on any atom is -0.328 e. The number of rotatable bonds is 4. The van der Waals surface area contributed by atoms with E-state index in [-0.39, 0.29) is 5.28 Å². The SMILES string of the molecule is CCCn1c(Cc2nc(Cl)ncc2C)nc2ccccc21. The molecular weight excluding hydrogens is 284 g/mol. The van der Waals surface area contributed by atoms with Gasteiger partial charge in [0, 0.05) is 19.2 Å². The zero-order valence-corrected chi connectivity index (χ0v) is 12.9. The lowest BCUT2D eigenvalue weighted by Crippen LogP contribution is -2.07. The fraction of sp³-hybridized carbons (Fsp3) is 0.312. The normalized spacial score (nSPS) is 11.2. The molecule has 108 valence electrons. The van der Waals surface area contributed by atoms with Gasteiger partial charge in [0.25, 0.3) is 0 Å². The van der Waals surface area contributed by atoms with Gasteiger partial charge in [0.1, 0.15) is 5.82 Å². The molecule has 0 saturated carbocycles. The summed E-state index contributed by atoms with van der Waals surface area (Å²) in [5.41, 5.74) is 4.17. The van der Waals surface area contributed by atoms with Gasteiger partial charge in [-0.25, -0.2) is 15.0 Å². The van der Waals surface area contributed by atoms with E-state index in [9.17, 15) is 0 Å². The van der Waals surface area contributed by atoms with Gasteiger partial charge >= 0.3 is 0 Å². The minimum atomic E-state index is 0.286. The van der Waals surface area contributed by atoms with E-state index in [2.05, 4.69) is 27.5 Å². The quantitative estimate of drug-likeness (QED) is 0.689. The number of halogens is 1. The average Bonchev–Trinajstić information content (AvgIpc) is 2.81. The molecule has 0 radical (unpaired) electrons. The van der Waals surface area contributed by atoms with Crippen LogP contribution in [0.25, 0.3) is 11.0 Å². The first-order valence-electron chi connectivity index (χ1n) is 7.11. The van der Waals surface area contributed by atoms with Crippen LogP contribution in [0.5, 0.6) is 0 Å². The minimum absolute atomic E-state index is 0.286. The smallest absolute Gasteiger partial charge is 0.222 e. The molecule has 0 fully saturated rings. The highest BCUT2D eigenvalue weighted by Crippen LogP contribution is 2.20. The van der Waals surface area contributed by atoms with Crippen LogP contribution < -0.4 is 0 Å². The van der Waals surface area contributed by atoms with Crippen molar-refractivity contribution in [2.45, 2.75) is 33.2 Å². The monoisotopic (exact) mass is 300 g/mol. The van der Waals surface area contributed by atoms with E-state index in [4.69, 9.17) is 16.6 Å². The van der Waals surface area contributed by atoms with E-state index in [0.717, 1.165) is 35.6 Å². The van der Waals surface area contributed by atoms with Gasteiger partial charge in [0.2, 0.25) is 5.28 Å². The molecule has 0 unspecified atom stereocenters. The molecule has 3 aromatic rings. The molecular formula is C16H17ClN4. The maximum atomic E-state index is 5.91. The Morgan fingerprint density at radius 2 is 2.00 bits per heavy atom. The van der Waals surface area contributed by atoms with Crippen LogP contribution in [0.4, 0.5) is 0 Å². The van der Waals surface area contributed by atoms with Crippen molar-refractivity contribution in [1.82, 2.24) is 19.5 Å². The summed E-state index contributed by atoms with van der Waals surface area (Å²) in [6, 6.07) is 8.22. The van der Waals surface area contributed by atoms with Gasteiger partial charge in [-0.15, -0.1) is 0 Å². The van der Waals surface area contributed by atoms with E-state index < -0.39 is 0 Å². The number of fused-ring (bicyclic) bond motifs is 1. The van der Waals surface area contributed by atoms with Gasteiger partial charge in [-0.2, -0.15) is 0 Å². The number of nitrogens with zero attached hydrogens (tertiary/aromatic N) is 4. The third-order valence-electron chi connectivity index (χ3n) is 3.55. The molecule has 1 aromatic carbocycles. The Morgan fingerprint density at radius 1 is 1.19 bits per heavy atom.